The first-order valence-corrected chi connectivity index (χ1v) is 8.49. The maximum Gasteiger partial charge on any atom is 0.129 e. The molecule has 22 heavy (non-hydrogen) atoms. The van der Waals surface area contributed by atoms with E-state index in [0.717, 1.165) is 12.3 Å². The van der Waals surface area contributed by atoms with Crippen LogP contribution in [0.5, 0.6) is 0 Å². The number of nitrogens with one attached hydrogen (secondary N) is 2. The second-order valence-corrected chi connectivity index (χ2v) is 6.89. The SMILES string of the molecule is C=C[C@H]1C[NH+]2CC[C@@H]1C[C@@H]2c1[nH]c2ccccc2c1CCO. The van der Waals surface area contributed by atoms with Crippen molar-refractivity contribution in [1.29, 1.82) is 0 Å². The minimum atomic E-state index is 0.218. The molecule has 1 aromatic carbocycles. The molecular weight excluding hydrogens is 272 g/mol. The summed E-state index contributed by atoms with van der Waals surface area (Å²) in [5, 5.41) is 10.8. The lowest BCUT2D eigenvalue weighted by atomic mass is 9.74. The van der Waals surface area contributed by atoms with E-state index in [4.69, 9.17) is 0 Å². The van der Waals surface area contributed by atoms with Crippen LogP contribution >= 0.6 is 0 Å². The lowest BCUT2D eigenvalue weighted by Crippen LogP contribution is -3.16. The van der Waals surface area contributed by atoms with Crippen molar-refractivity contribution in [3.05, 3.63) is 48.2 Å². The molecule has 3 aliphatic heterocycles. The second kappa shape index (κ2) is 5.56. The summed E-state index contributed by atoms with van der Waals surface area (Å²) in [5.41, 5.74) is 3.92. The molecule has 0 aliphatic carbocycles. The molecule has 3 fully saturated rings. The van der Waals surface area contributed by atoms with Crippen molar-refractivity contribution >= 4 is 10.9 Å². The maximum absolute atomic E-state index is 9.50. The van der Waals surface area contributed by atoms with Crippen molar-refractivity contribution in [3.63, 3.8) is 0 Å². The summed E-state index contributed by atoms with van der Waals surface area (Å²) in [6, 6.07) is 9.06. The van der Waals surface area contributed by atoms with Crippen LogP contribution in [-0.4, -0.2) is 29.8 Å². The van der Waals surface area contributed by atoms with Crippen LogP contribution in [0.3, 0.4) is 0 Å². The van der Waals surface area contributed by atoms with Gasteiger partial charge in [-0.25, -0.2) is 0 Å². The minimum absolute atomic E-state index is 0.218. The molecule has 1 aromatic heterocycles. The van der Waals surface area contributed by atoms with E-state index in [1.165, 1.54) is 48.1 Å². The number of aromatic nitrogens is 1. The molecule has 0 spiro atoms. The molecule has 0 radical (unpaired) electrons. The van der Waals surface area contributed by atoms with E-state index in [1.807, 2.05) is 0 Å². The lowest BCUT2D eigenvalue weighted by Gasteiger charge is -2.46. The normalized spacial score (nSPS) is 30.8. The summed E-state index contributed by atoms with van der Waals surface area (Å²) in [5.74, 6) is 1.47. The highest BCUT2D eigenvalue weighted by Crippen LogP contribution is 2.36. The Morgan fingerprint density at radius 3 is 2.95 bits per heavy atom. The summed E-state index contributed by atoms with van der Waals surface area (Å²) in [6.07, 6.45) is 5.49. The molecule has 0 amide bonds. The van der Waals surface area contributed by atoms with E-state index in [0.29, 0.717) is 12.0 Å². The van der Waals surface area contributed by atoms with Crippen LogP contribution < -0.4 is 4.90 Å². The third-order valence-electron chi connectivity index (χ3n) is 5.83. The largest absolute Gasteiger partial charge is 0.396 e. The number of aliphatic hydroxyl groups is 1. The predicted molar refractivity (Wildman–Crippen MR) is 88.9 cm³/mol. The number of piperidine rings is 3. The van der Waals surface area contributed by atoms with Crippen LogP contribution in [0.2, 0.25) is 0 Å². The zero-order valence-electron chi connectivity index (χ0n) is 13.0. The zero-order valence-corrected chi connectivity index (χ0v) is 13.0. The molecule has 1 unspecified atom stereocenters. The molecule has 5 rings (SSSR count). The fourth-order valence-corrected chi connectivity index (χ4v) is 4.73. The predicted octanol–water partition coefficient (Wildman–Crippen LogP) is 1.85. The molecule has 3 N–H and O–H groups in total. The van der Waals surface area contributed by atoms with Gasteiger partial charge in [0.05, 0.1) is 18.8 Å². The zero-order chi connectivity index (χ0) is 15.1. The molecule has 2 aromatic rings. The van der Waals surface area contributed by atoms with Crippen LogP contribution in [0, 0.1) is 11.8 Å². The average Bonchev–Trinajstić information content (AvgIpc) is 2.94. The fraction of sp³-hybridized carbons (Fsp3) is 0.474. The van der Waals surface area contributed by atoms with Gasteiger partial charge in [0.15, 0.2) is 0 Å². The van der Waals surface area contributed by atoms with Gasteiger partial charge in [0.1, 0.15) is 6.04 Å². The Balaban J connectivity index is 1.75. The highest BCUT2D eigenvalue weighted by atomic mass is 16.2. The van der Waals surface area contributed by atoms with Gasteiger partial charge >= 0.3 is 0 Å². The highest BCUT2D eigenvalue weighted by molar-refractivity contribution is 5.84. The second-order valence-electron chi connectivity index (χ2n) is 6.89. The van der Waals surface area contributed by atoms with Crippen molar-refractivity contribution < 1.29 is 10.0 Å². The number of quaternary nitrogens is 1. The Morgan fingerprint density at radius 2 is 2.23 bits per heavy atom. The van der Waals surface area contributed by atoms with Crippen molar-refractivity contribution in [2.24, 2.45) is 11.8 Å². The Bertz CT molecular complexity index is 690. The lowest BCUT2D eigenvalue weighted by molar-refractivity contribution is -0.952. The van der Waals surface area contributed by atoms with Crippen molar-refractivity contribution in [2.45, 2.75) is 25.3 Å². The first kappa shape index (κ1) is 14.0. The van der Waals surface area contributed by atoms with E-state index in [2.05, 4.69) is 41.9 Å². The maximum atomic E-state index is 9.50. The number of para-hydroxylation sites is 1. The minimum Gasteiger partial charge on any atom is -0.396 e. The standard InChI is InChI=1S/C19H24N2O/c1-2-13-12-21-9-7-14(13)11-18(21)19-16(8-10-22)15-5-3-4-6-17(15)20-19/h2-6,13-14,18,20,22H,1,7-12H2/p+1/t13-,14+,18+/m0/s1. The summed E-state index contributed by atoms with van der Waals surface area (Å²) in [6.45, 7) is 6.73. The van der Waals surface area contributed by atoms with Gasteiger partial charge in [-0.05, 0) is 24.0 Å². The Kier molecular flexibility index (Phi) is 3.55. The summed E-state index contributed by atoms with van der Waals surface area (Å²) < 4.78 is 0. The number of rotatable bonds is 4. The van der Waals surface area contributed by atoms with E-state index in [9.17, 15) is 5.11 Å². The first-order valence-electron chi connectivity index (χ1n) is 8.49. The van der Waals surface area contributed by atoms with Gasteiger partial charge in [-0.2, -0.15) is 0 Å². The van der Waals surface area contributed by atoms with Crippen LogP contribution in [0.25, 0.3) is 10.9 Å². The van der Waals surface area contributed by atoms with Gasteiger partial charge in [-0.15, -0.1) is 6.58 Å². The summed E-state index contributed by atoms with van der Waals surface area (Å²) in [4.78, 5) is 5.37. The molecular formula is C19H25N2O+. The number of hydrogen-bond acceptors (Lipinski definition) is 1. The van der Waals surface area contributed by atoms with Gasteiger partial charge in [0, 0.05) is 36.3 Å². The third kappa shape index (κ3) is 2.11. The van der Waals surface area contributed by atoms with Crippen LogP contribution in [0.4, 0.5) is 0 Å². The average molecular weight is 297 g/mol. The summed E-state index contributed by atoms with van der Waals surface area (Å²) >= 11 is 0. The van der Waals surface area contributed by atoms with Gasteiger partial charge in [0.25, 0.3) is 0 Å². The van der Waals surface area contributed by atoms with E-state index < -0.39 is 0 Å². The molecule has 3 aliphatic rings. The van der Waals surface area contributed by atoms with Crippen molar-refractivity contribution in [1.82, 2.24) is 4.98 Å². The molecule has 116 valence electrons. The van der Waals surface area contributed by atoms with Crippen molar-refractivity contribution in [2.75, 3.05) is 19.7 Å². The Morgan fingerprint density at radius 1 is 1.36 bits per heavy atom. The summed E-state index contributed by atoms with van der Waals surface area (Å²) in [7, 11) is 0. The molecule has 0 saturated carbocycles. The molecule has 4 heterocycles. The van der Waals surface area contributed by atoms with E-state index in [1.54, 1.807) is 4.90 Å². The van der Waals surface area contributed by atoms with Crippen LogP contribution in [0.15, 0.2) is 36.9 Å². The Labute approximate surface area is 131 Å². The van der Waals surface area contributed by atoms with Gasteiger partial charge in [-0.3, -0.25) is 0 Å². The van der Waals surface area contributed by atoms with E-state index in [-0.39, 0.29) is 6.61 Å². The number of aliphatic hydroxyl groups excluding tert-OH is 1. The van der Waals surface area contributed by atoms with Gasteiger partial charge in [-0.1, -0.05) is 24.3 Å². The molecule has 3 nitrogen and oxygen atoms in total. The van der Waals surface area contributed by atoms with E-state index >= 15 is 0 Å². The van der Waals surface area contributed by atoms with Gasteiger partial charge in [0.2, 0.25) is 0 Å². The molecule has 2 bridgehead atoms. The molecule has 4 atom stereocenters. The number of fused-ring (bicyclic) bond motifs is 4. The smallest absolute Gasteiger partial charge is 0.129 e. The highest BCUT2D eigenvalue weighted by Gasteiger charge is 2.44. The quantitative estimate of drug-likeness (QED) is 0.741. The fourth-order valence-electron chi connectivity index (χ4n) is 4.73. The first-order chi connectivity index (χ1) is 10.8. The molecule has 3 saturated heterocycles. The number of hydrogen-bond donors (Lipinski definition) is 3. The number of benzene rings is 1. The monoisotopic (exact) mass is 297 g/mol. The molecule has 3 heteroatoms. The van der Waals surface area contributed by atoms with Crippen LogP contribution in [0.1, 0.15) is 30.1 Å². The number of H-pyrrole nitrogens is 1. The number of aromatic amines is 1. The Hall–Kier alpha value is -1.58. The van der Waals surface area contributed by atoms with Crippen LogP contribution in [-0.2, 0) is 6.42 Å². The third-order valence-corrected chi connectivity index (χ3v) is 5.83. The topological polar surface area (TPSA) is 40.5 Å². The van der Waals surface area contributed by atoms with Crippen molar-refractivity contribution in [3.8, 4) is 0 Å². The van der Waals surface area contributed by atoms with Gasteiger partial charge < -0.3 is 15.0 Å².